The molecule has 0 aromatic carbocycles. The summed E-state index contributed by atoms with van der Waals surface area (Å²) in [6.07, 6.45) is 3.38. The van der Waals surface area contributed by atoms with Gasteiger partial charge in [0.2, 0.25) is 0 Å². The first-order valence-corrected chi connectivity index (χ1v) is 11.2. The van der Waals surface area contributed by atoms with E-state index >= 15 is 0 Å². The molecule has 11 heteroatoms. The highest BCUT2D eigenvalue weighted by Gasteiger charge is 2.45. The van der Waals surface area contributed by atoms with Crippen LogP contribution in [0.5, 0.6) is 0 Å². The number of anilines is 1. The number of hydrogen-bond acceptors (Lipinski definition) is 6. The van der Waals surface area contributed by atoms with Crippen molar-refractivity contribution in [3.63, 3.8) is 0 Å². The molecular weight excluding hydrogens is 430 g/mol. The molecule has 172 valence electrons. The third kappa shape index (κ3) is 3.65. The number of aryl methyl sites for hydroxylation is 1. The maximum absolute atomic E-state index is 13.8. The van der Waals surface area contributed by atoms with Gasteiger partial charge in [-0.25, -0.2) is 23.4 Å². The minimum atomic E-state index is -2.70. The first-order chi connectivity index (χ1) is 16.0. The SMILES string of the molecule is Cn1cnc2c1CC[C@H]2NC(=O)c1cn(Cc2ccc(N3CC4CC4C3)nc2C(F)F)nn1. The molecule has 9 nitrogen and oxygen atoms in total. The maximum Gasteiger partial charge on any atom is 0.280 e. The lowest BCUT2D eigenvalue weighted by Gasteiger charge is -2.20. The van der Waals surface area contributed by atoms with Gasteiger partial charge >= 0.3 is 0 Å². The van der Waals surface area contributed by atoms with Gasteiger partial charge in [-0.15, -0.1) is 5.10 Å². The number of hydrogen-bond donors (Lipinski definition) is 1. The lowest BCUT2D eigenvalue weighted by molar-refractivity contribution is 0.0930. The Morgan fingerprint density at radius 2 is 2.09 bits per heavy atom. The van der Waals surface area contributed by atoms with Gasteiger partial charge in [-0.1, -0.05) is 11.3 Å². The fraction of sp³-hybridized carbons (Fsp3) is 0.500. The van der Waals surface area contributed by atoms with Crippen molar-refractivity contribution in [1.82, 2.24) is 34.8 Å². The molecule has 3 aromatic heterocycles. The number of halogens is 2. The quantitative estimate of drug-likeness (QED) is 0.614. The van der Waals surface area contributed by atoms with E-state index in [-0.39, 0.29) is 29.9 Å². The topological polar surface area (TPSA) is 93.8 Å². The molecule has 6 rings (SSSR count). The van der Waals surface area contributed by atoms with Crippen LogP contribution in [0.3, 0.4) is 0 Å². The fourth-order valence-corrected chi connectivity index (χ4v) is 5.09. The lowest BCUT2D eigenvalue weighted by Crippen LogP contribution is -2.27. The third-order valence-corrected chi connectivity index (χ3v) is 7.01. The van der Waals surface area contributed by atoms with Crippen LogP contribution in [0.2, 0.25) is 0 Å². The summed E-state index contributed by atoms with van der Waals surface area (Å²) in [7, 11) is 1.93. The van der Waals surface area contributed by atoms with Gasteiger partial charge in [0.05, 0.1) is 30.8 Å². The molecule has 4 heterocycles. The average Bonchev–Trinajstić information content (AvgIpc) is 3.27. The van der Waals surface area contributed by atoms with Crippen LogP contribution in [0.25, 0.3) is 0 Å². The second-order valence-electron chi connectivity index (χ2n) is 9.23. The summed E-state index contributed by atoms with van der Waals surface area (Å²) in [4.78, 5) is 23.4. The van der Waals surface area contributed by atoms with Crippen molar-refractivity contribution in [3.05, 3.63) is 53.0 Å². The van der Waals surface area contributed by atoms with Crippen molar-refractivity contribution in [3.8, 4) is 0 Å². The molecule has 0 spiro atoms. The Bertz CT molecular complexity index is 1210. The lowest BCUT2D eigenvalue weighted by atomic mass is 10.2. The van der Waals surface area contributed by atoms with Crippen LogP contribution in [0.1, 0.15) is 58.4 Å². The Kier molecular flexibility index (Phi) is 4.66. The van der Waals surface area contributed by atoms with Gasteiger partial charge in [-0.2, -0.15) is 0 Å². The second-order valence-corrected chi connectivity index (χ2v) is 9.23. The molecule has 3 aromatic rings. The summed E-state index contributed by atoms with van der Waals surface area (Å²) in [6, 6.07) is 3.30. The third-order valence-electron chi connectivity index (χ3n) is 7.01. The number of piperidine rings is 1. The van der Waals surface area contributed by atoms with Crippen molar-refractivity contribution >= 4 is 11.7 Å². The Hall–Kier alpha value is -3.37. The molecule has 0 radical (unpaired) electrons. The Balaban J connectivity index is 1.15. The van der Waals surface area contributed by atoms with Gasteiger partial charge in [0.25, 0.3) is 12.3 Å². The largest absolute Gasteiger partial charge is 0.356 e. The predicted octanol–water partition coefficient (Wildman–Crippen LogP) is 2.27. The smallest absolute Gasteiger partial charge is 0.280 e. The fourth-order valence-electron chi connectivity index (χ4n) is 5.09. The summed E-state index contributed by atoms with van der Waals surface area (Å²) in [5.74, 6) is 1.62. The van der Waals surface area contributed by atoms with Crippen LogP contribution in [-0.2, 0) is 20.0 Å². The molecule has 2 fully saturated rings. The first kappa shape index (κ1) is 20.3. The maximum atomic E-state index is 13.8. The van der Waals surface area contributed by atoms with E-state index in [0.29, 0.717) is 23.2 Å². The van der Waals surface area contributed by atoms with Crippen molar-refractivity contribution in [1.29, 1.82) is 0 Å². The molecular formula is C22H24F2N8O. The van der Waals surface area contributed by atoms with E-state index < -0.39 is 6.43 Å². The molecule has 3 aliphatic rings. The number of alkyl halides is 2. The zero-order valence-electron chi connectivity index (χ0n) is 18.2. The van der Waals surface area contributed by atoms with E-state index in [4.69, 9.17) is 0 Å². The summed E-state index contributed by atoms with van der Waals surface area (Å²) in [5.41, 5.74) is 2.25. The number of carbonyl (C=O) groups excluding carboxylic acids is 1. The van der Waals surface area contributed by atoms with Crippen molar-refractivity contribution in [2.45, 2.75) is 38.3 Å². The van der Waals surface area contributed by atoms with Crippen LogP contribution in [0, 0.1) is 11.8 Å². The van der Waals surface area contributed by atoms with E-state index in [1.54, 1.807) is 18.5 Å². The van der Waals surface area contributed by atoms with Crippen LogP contribution < -0.4 is 10.2 Å². The molecule has 1 amide bonds. The van der Waals surface area contributed by atoms with Gasteiger partial charge in [-0.3, -0.25) is 4.79 Å². The van der Waals surface area contributed by atoms with Crippen LogP contribution >= 0.6 is 0 Å². The van der Waals surface area contributed by atoms with E-state index in [1.807, 2.05) is 11.6 Å². The van der Waals surface area contributed by atoms with Crippen LogP contribution in [0.4, 0.5) is 14.6 Å². The molecule has 1 aliphatic heterocycles. The van der Waals surface area contributed by atoms with Crippen LogP contribution in [0.15, 0.2) is 24.7 Å². The van der Waals surface area contributed by atoms with E-state index in [1.165, 1.54) is 17.3 Å². The minimum absolute atomic E-state index is 0.0618. The van der Waals surface area contributed by atoms with Gasteiger partial charge in [-0.05, 0) is 37.2 Å². The van der Waals surface area contributed by atoms with Gasteiger partial charge in [0.1, 0.15) is 11.5 Å². The number of pyridine rings is 1. The van der Waals surface area contributed by atoms with E-state index in [0.717, 1.165) is 37.3 Å². The zero-order valence-corrected chi connectivity index (χ0v) is 18.2. The van der Waals surface area contributed by atoms with Gasteiger partial charge in [0.15, 0.2) is 5.69 Å². The summed E-state index contributed by atoms with van der Waals surface area (Å²) >= 11 is 0. The minimum Gasteiger partial charge on any atom is -0.356 e. The Morgan fingerprint density at radius 3 is 2.88 bits per heavy atom. The van der Waals surface area contributed by atoms with Crippen molar-refractivity contribution in [2.24, 2.45) is 18.9 Å². The molecule has 3 atom stereocenters. The summed E-state index contributed by atoms with van der Waals surface area (Å²) in [6.45, 7) is 1.84. The number of nitrogens with zero attached hydrogens (tertiary/aromatic N) is 7. The predicted molar refractivity (Wildman–Crippen MR) is 114 cm³/mol. The molecule has 33 heavy (non-hydrogen) atoms. The highest BCUT2D eigenvalue weighted by atomic mass is 19.3. The van der Waals surface area contributed by atoms with Gasteiger partial charge < -0.3 is 14.8 Å². The normalized spacial score (nSPS) is 23.2. The molecule has 2 unspecified atom stereocenters. The van der Waals surface area contributed by atoms with E-state index in [9.17, 15) is 13.6 Å². The number of imidazole rings is 1. The zero-order chi connectivity index (χ0) is 22.7. The second kappa shape index (κ2) is 7.60. The molecule has 1 saturated heterocycles. The number of rotatable bonds is 6. The van der Waals surface area contributed by atoms with Crippen molar-refractivity contribution in [2.75, 3.05) is 18.0 Å². The average molecular weight is 454 g/mol. The van der Waals surface area contributed by atoms with Crippen molar-refractivity contribution < 1.29 is 13.6 Å². The summed E-state index contributed by atoms with van der Waals surface area (Å²) < 4.78 is 30.9. The number of carbonyl (C=O) groups is 1. The molecule has 1 N–H and O–H groups in total. The Morgan fingerprint density at radius 1 is 1.27 bits per heavy atom. The molecule has 0 bridgehead atoms. The summed E-state index contributed by atoms with van der Waals surface area (Å²) in [5, 5.41) is 10.9. The standard InChI is InChI=1S/C22H24F2N8O/c1-30-11-25-20-15(3-4-17(20)30)26-22(33)16-10-32(29-28-16)9-12-2-5-18(27-19(12)21(23)24)31-7-13-6-14(13)8-31/h2,5,10-11,13-15,21H,3-4,6-9H2,1H3,(H,26,33)/t13?,14?,15-/m1/s1. The number of amides is 1. The monoisotopic (exact) mass is 454 g/mol. The number of aromatic nitrogens is 6. The molecule has 2 aliphatic carbocycles. The molecule has 1 saturated carbocycles. The van der Waals surface area contributed by atoms with Crippen LogP contribution in [-0.4, -0.2) is 48.5 Å². The first-order valence-electron chi connectivity index (χ1n) is 11.2. The number of nitrogens with one attached hydrogen (secondary N) is 1. The number of fused-ring (bicyclic) bond motifs is 2. The van der Waals surface area contributed by atoms with E-state index in [2.05, 4.69) is 30.5 Å². The van der Waals surface area contributed by atoms with Gasteiger partial charge in [0, 0.05) is 31.4 Å². The Labute approximate surface area is 188 Å². The highest BCUT2D eigenvalue weighted by Crippen LogP contribution is 2.46. The highest BCUT2D eigenvalue weighted by molar-refractivity contribution is 5.92.